The molecule has 1 aromatic heterocycles. The van der Waals surface area contributed by atoms with Gasteiger partial charge in [0.2, 0.25) is 0 Å². The molecule has 120 valence electrons. The van der Waals surface area contributed by atoms with Gasteiger partial charge in [0.15, 0.2) is 0 Å². The summed E-state index contributed by atoms with van der Waals surface area (Å²) < 4.78 is 1.34. The SMILES string of the molecule is C[C@H]1CNCCN1C(=O)c1ccc(=O)n(Cc2ccccc2)n1. The average molecular weight is 312 g/mol. The van der Waals surface area contributed by atoms with Gasteiger partial charge in [0, 0.05) is 31.7 Å². The van der Waals surface area contributed by atoms with Crippen LogP contribution in [-0.2, 0) is 6.54 Å². The number of rotatable bonds is 3. The Balaban J connectivity index is 1.85. The van der Waals surface area contributed by atoms with E-state index in [9.17, 15) is 9.59 Å². The fourth-order valence-corrected chi connectivity index (χ4v) is 2.72. The molecule has 1 fully saturated rings. The minimum Gasteiger partial charge on any atom is -0.332 e. The van der Waals surface area contributed by atoms with E-state index >= 15 is 0 Å². The van der Waals surface area contributed by atoms with E-state index in [0.717, 1.165) is 18.7 Å². The van der Waals surface area contributed by atoms with Gasteiger partial charge < -0.3 is 10.2 Å². The summed E-state index contributed by atoms with van der Waals surface area (Å²) in [6.45, 7) is 4.57. The molecule has 1 aliphatic heterocycles. The molecule has 0 saturated carbocycles. The predicted octanol–water partition coefficient (Wildman–Crippen LogP) is 0.725. The zero-order valence-corrected chi connectivity index (χ0v) is 13.1. The predicted molar refractivity (Wildman–Crippen MR) is 87.4 cm³/mol. The average Bonchev–Trinajstić information content (AvgIpc) is 2.58. The lowest BCUT2D eigenvalue weighted by Gasteiger charge is -2.33. The number of aromatic nitrogens is 2. The molecule has 1 N–H and O–H groups in total. The van der Waals surface area contributed by atoms with Crippen LogP contribution in [0.3, 0.4) is 0 Å². The summed E-state index contributed by atoms with van der Waals surface area (Å²) in [5.41, 5.74) is 1.08. The number of nitrogens with zero attached hydrogens (tertiary/aromatic N) is 3. The van der Waals surface area contributed by atoms with Gasteiger partial charge in [0.1, 0.15) is 5.69 Å². The minimum atomic E-state index is -0.209. The first-order valence-corrected chi connectivity index (χ1v) is 7.79. The second-order valence-corrected chi connectivity index (χ2v) is 5.75. The zero-order chi connectivity index (χ0) is 16.2. The maximum absolute atomic E-state index is 12.6. The summed E-state index contributed by atoms with van der Waals surface area (Å²) in [5, 5.41) is 7.52. The van der Waals surface area contributed by atoms with Crippen molar-refractivity contribution >= 4 is 5.91 Å². The highest BCUT2D eigenvalue weighted by Gasteiger charge is 2.25. The Kier molecular flexibility index (Phi) is 4.52. The third-order valence-electron chi connectivity index (χ3n) is 4.02. The van der Waals surface area contributed by atoms with Crippen LogP contribution >= 0.6 is 0 Å². The molecule has 0 spiro atoms. The van der Waals surface area contributed by atoms with E-state index in [2.05, 4.69) is 10.4 Å². The van der Waals surface area contributed by atoms with Crippen molar-refractivity contribution in [2.24, 2.45) is 0 Å². The van der Waals surface area contributed by atoms with E-state index in [0.29, 0.717) is 18.8 Å². The maximum Gasteiger partial charge on any atom is 0.274 e. The number of hydrogen-bond acceptors (Lipinski definition) is 4. The van der Waals surface area contributed by atoms with Gasteiger partial charge in [-0.25, -0.2) is 4.68 Å². The van der Waals surface area contributed by atoms with Crippen LogP contribution in [0.1, 0.15) is 23.0 Å². The van der Waals surface area contributed by atoms with E-state index in [4.69, 9.17) is 0 Å². The fourth-order valence-electron chi connectivity index (χ4n) is 2.72. The third-order valence-corrected chi connectivity index (χ3v) is 4.02. The third kappa shape index (κ3) is 3.48. The molecule has 1 aromatic carbocycles. The van der Waals surface area contributed by atoms with Gasteiger partial charge in [-0.15, -0.1) is 0 Å². The number of carbonyl (C=O) groups excluding carboxylic acids is 1. The van der Waals surface area contributed by atoms with Crippen LogP contribution in [-0.4, -0.2) is 46.3 Å². The van der Waals surface area contributed by atoms with Gasteiger partial charge >= 0.3 is 0 Å². The van der Waals surface area contributed by atoms with Crippen LogP contribution in [0.5, 0.6) is 0 Å². The molecule has 0 bridgehead atoms. The van der Waals surface area contributed by atoms with E-state index in [1.807, 2.05) is 37.3 Å². The standard InChI is InChI=1S/C17H20N4O2/c1-13-11-18-9-10-20(13)17(23)15-7-8-16(22)21(19-15)12-14-5-3-2-4-6-14/h2-8,13,18H,9-12H2,1H3/t13-/m0/s1. The lowest BCUT2D eigenvalue weighted by atomic mass is 10.2. The van der Waals surface area contributed by atoms with Crippen molar-refractivity contribution in [1.29, 1.82) is 0 Å². The number of hydrogen-bond donors (Lipinski definition) is 1. The van der Waals surface area contributed by atoms with E-state index in [-0.39, 0.29) is 17.5 Å². The monoisotopic (exact) mass is 312 g/mol. The molecule has 3 rings (SSSR count). The van der Waals surface area contributed by atoms with E-state index in [1.54, 1.807) is 4.90 Å². The number of nitrogens with one attached hydrogen (secondary N) is 1. The molecule has 0 unspecified atom stereocenters. The van der Waals surface area contributed by atoms with Crippen LogP contribution < -0.4 is 10.9 Å². The van der Waals surface area contributed by atoms with Crippen LogP contribution in [0.25, 0.3) is 0 Å². The Hall–Kier alpha value is -2.47. The van der Waals surface area contributed by atoms with Crippen molar-refractivity contribution < 1.29 is 4.79 Å². The second-order valence-electron chi connectivity index (χ2n) is 5.75. The van der Waals surface area contributed by atoms with Gasteiger partial charge in [-0.1, -0.05) is 30.3 Å². The van der Waals surface area contributed by atoms with Crippen molar-refractivity contribution in [3.05, 3.63) is 64.1 Å². The van der Waals surface area contributed by atoms with Gasteiger partial charge in [-0.05, 0) is 18.6 Å². The first kappa shape index (κ1) is 15.4. The van der Waals surface area contributed by atoms with Gasteiger partial charge in [0.05, 0.1) is 6.54 Å². The molecule has 1 atom stereocenters. The van der Waals surface area contributed by atoms with Crippen molar-refractivity contribution in [3.8, 4) is 0 Å². The van der Waals surface area contributed by atoms with Crippen LogP contribution in [0.4, 0.5) is 0 Å². The van der Waals surface area contributed by atoms with Crippen molar-refractivity contribution in [2.45, 2.75) is 19.5 Å². The van der Waals surface area contributed by atoms with Crippen LogP contribution in [0.2, 0.25) is 0 Å². The number of amides is 1. The van der Waals surface area contributed by atoms with E-state index < -0.39 is 0 Å². The molecular formula is C17H20N4O2. The molecule has 0 radical (unpaired) electrons. The number of carbonyl (C=O) groups is 1. The summed E-state index contributed by atoms with van der Waals surface area (Å²) in [5.74, 6) is -0.124. The van der Waals surface area contributed by atoms with Gasteiger partial charge in [0.25, 0.3) is 11.5 Å². The smallest absolute Gasteiger partial charge is 0.274 e. The lowest BCUT2D eigenvalue weighted by molar-refractivity contribution is 0.0647. The lowest BCUT2D eigenvalue weighted by Crippen LogP contribution is -2.52. The number of benzene rings is 1. The summed E-state index contributed by atoms with van der Waals surface area (Å²) in [6.07, 6.45) is 0. The maximum atomic E-state index is 12.6. The summed E-state index contributed by atoms with van der Waals surface area (Å²) in [7, 11) is 0. The van der Waals surface area contributed by atoms with Gasteiger partial charge in [-0.2, -0.15) is 5.10 Å². The molecule has 6 heteroatoms. The molecule has 1 amide bonds. The molecule has 1 saturated heterocycles. The number of piperazine rings is 1. The highest BCUT2D eigenvalue weighted by atomic mass is 16.2. The summed E-state index contributed by atoms with van der Waals surface area (Å²) in [6, 6.07) is 12.7. The highest BCUT2D eigenvalue weighted by Crippen LogP contribution is 2.08. The molecule has 2 aromatic rings. The summed E-state index contributed by atoms with van der Waals surface area (Å²) >= 11 is 0. The Labute approximate surface area is 134 Å². The molecular weight excluding hydrogens is 292 g/mol. The van der Waals surface area contributed by atoms with Crippen molar-refractivity contribution in [1.82, 2.24) is 20.0 Å². The quantitative estimate of drug-likeness (QED) is 0.907. The van der Waals surface area contributed by atoms with Crippen molar-refractivity contribution in [2.75, 3.05) is 19.6 Å². The van der Waals surface area contributed by atoms with Crippen molar-refractivity contribution in [3.63, 3.8) is 0 Å². The second kappa shape index (κ2) is 6.75. The molecule has 6 nitrogen and oxygen atoms in total. The fraction of sp³-hybridized carbons (Fsp3) is 0.353. The molecule has 0 aliphatic carbocycles. The first-order chi connectivity index (χ1) is 11.1. The molecule has 2 heterocycles. The topological polar surface area (TPSA) is 67.2 Å². The molecule has 1 aliphatic rings. The Morgan fingerprint density at radius 2 is 2.04 bits per heavy atom. The Bertz CT molecular complexity index is 742. The summed E-state index contributed by atoms with van der Waals surface area (Å²) in [4.78, 5) is 26.5. The Morgan fingerprint density at radius 1 is 1.26 bits per heavy atom. The van der Waals surface area contributed by atoms with E-state index in [1.165, 1.54) is 16.8 Å². The molecule has 23 heavy (non-hydrogen) atoms. The van der Waals surface area contributed by atoms with Gasteiger partial charge in [-0.3, -0.25) is 9.59 Å². The Morgan fingerprint density at radius 3 is 2.78 bits per heavy atom. The highest BCUT2D eigenvalue weighted by molar-refractivity contribution is 5.92. The van der Waals surface area contributed by atoms with Crippen LogP contribution in [0, 0.1) is 0 Å². The first-order valence-electron chi connectivity index (χ1n) is 7.79. The van der Waals surface area contributed by atoms with Crippen LogP contribution in [0.15, 0.2) is 47.3 Å². The normalized spacial score (nSPS) is 18.0. The zero-order valence-electron chi connectivity index (χ0n) is 13.1. The largest absolute Gasteiger partial charge is 0.332 e. The minimum absolute atomic E-state index is 0.118.